The van der Waals surface area contributed by atoms with E-state index in [1.165, 1.54) is 0 Å². The molecule has 2 aromatic rings. The Bertz CT molecular complexity index is 1110. The van der Waals surface area contributed by atoms with Crippen molar-refractivity contribution in [2.24, 2.45) is 5.92 Å². The zero-order valence-corrected chi connectivity index (χ0v) is 19.8. The third-order valence-corrected chi connectivity index (χ3v) is 7.18. The second-order valence-corrected chi connectivity index (χ2v) is 10.4. The van der Waals surface area contributed by atoms with Crippen LogP contribution < -0.4 is 14.9 Å². The number of hydrogen-bond acceptors (Lipinski definition) is 4. The summed E-state index contributed by atoms with van der Waals surface area (Å²) in [6.45, 7) is 8.21. The molecule has 0 spiro atoms. The van der Waals surface area contributed by atoms with Gasteiger partial charge >= 0.3 is 0 Å². The summed E-state index contributed by atoms with van der Waals surface area (Å²) in [6, 6.07) is 12.8. The SMILES string of the molecule is Cc1ccc(N2CCC(C(=O)NCc3ccccc3CS(=O)(=O)NC(C)C)C2=O)cc1C. The Labute approximate surface area is 190 Å². The summed E-state index contributed by atoms with van der Waals surface area (Å²) in [7, 11) is -3.49. The van der Waals surface area contributed by atoms with Gasteiger partial charge in [-0.05, 0) is 68.5 Å². The van der Waals surface area contributed by atoms with Crippen LogP contribution in [-0.2, 0) is 31.9 Å². The van der Waals surface area contributed by atoms with Crippen molar-refractivity contribution in [2.45, 2.75) is 52.5 Å². The maximum atomic E-state index is 12.9. The Morgan fingerprint density at radius 1 is 1.09 bits per heavy atom. The van der Waals surface area contributed by atoms with E-state index in [2.05, 4.69) is 10.0 Å². The van der Waals surface area contributed by atoms with E-state index in [-0.39, 0.29) is 30.2 Å². The molecule has 3 rings (SSSR count). The normalized spacial score (nSPS) is 16.6. The molecule has 0 bridgehead atoms. The molecule has 0 aromatic heterocycles. The van der Waals surface area contributed by atoms with Gasteiger partial charge in [0.05, 0.1) is 5.75 Å². The standard InChI is InChI=1S/C24H31N3O4S/c1-16(2)26-32(30,31)15-20-8-6-5-7-19(20)14-25-23(28)22-11-12-27(24(22)29)21-10-9-17(3)18(4)13-21/h5-10,13,16,22,26H,11-12,14-15H2,1-4H3,(H,25,28). The van der Waals surface area contributed by atoms with Crippen LogP contribution in [0.4, 0.5) is 5.69 Å². The predicted molar refractivity (Wildman–Crippen MR) is 126 cm³/mol. The molecule has 8 heteroatoms. The summed E-state index contributed by atoms with van der Waals surface area (Å²) >= 11 is 0. The zero-order chi connectivity index (χ0) is 23.5. The summed E-state index contributed by atoms with van der Waals surface area (Å²) in [6.07, 6.45) is 0.450. The molecule has 32 heavy (non-hydrogen) atoms. The topological polar surface area (TPSA) is 95.6 Å². The van der Waals surface area contributed by atoms with Crippen LogP contribution in [0.2, 0.25) is 0 Å². The number of carbonyl (C=O) groups excluding carboxylic acids is 2. The van der Waals surface area contributed by atoms with Gasteiger partial charge in [-0.3, -0.25) is 9.59 Å². The fraction of sp³-hybridized carbons (Fsp3) is 0.417. The number of amides is 2. The second-order valence-electron chi connectivity index (χ2n) is 8.62. The molecule has 2 N–H and O–H groups in total. The molecule has 1 heterocycles. The summed E-state index contributed by atoms with van der Waals surface area (Å²) in [5, 5.41) is 2.83. The van der Waals surface area contributed by atoms with Crippen LogP contribution >= 0.6 is 0 Å². The number of benzene rings is 2. The monoisotopic (exact) mass is 457 g/mol. The van der Waals surface area contributed by atoms with Crippen molar-refractivity contribution in [1.82, 2.24) is 10.0 Å². The highest BCUT2D eigenvalue weighted by molar-refractivity contribution is 7.88. The van der Waals surface area contributed by atoms with E-state index in [0.29, 0.717) is 24.1 Å². The summed E-state index contributed by atoms with van der Waals surface area (Å²) in [5.41, 5.74) is 4.39. The van der Waals surface area contributed by atoms with E-state index >= 15 is 0 Å². The molecular weight excluding hydrogens is 426 g/mol. The predicted octanol–water partition coefficient (Wildman–Crippen LogP) is 2.80. The van der Waals surface area contributed by atoms with Gasteiger partial charge in [0.25, 0.3) is 0 Å². The number of sulfonamides is 1. The number of carbonyl (C=O) groups is 2. The average molecular weight is 458 g/mol. The highest BCUT2D eigenvalue weighted by atomic mass is 32.2. The molecular formula is C24H31N3O4S. The lowest BCUT2D eigenvalue weighted by molar-refractivity contribution is -0.132. The average Bonchev–Trinajstić information content (AvgIpc) is 3.09. The molecule has 2 amide bonds. The van der Waals surface area contributed by atoms with E-state index in [4.69, 9.17) is 0 Å². The Balaban J connectivity index is 1.65. The number of aryl methyl sites for hydroxylation is 2. The van der Waals surface area contributed by atoms with Crippen LogP contribution in [0.25, 0.3) is 0 Å². The Hall–Kier alpha value is -2.71. The van der Waals surface area contributed by atoms with Crippen LogP contribution in [0.5, 0.6) is 0 Å². The van der Waals surface area contributed by atoms with Gasteiger partial charge in [0.1, 0.15) is 5.92 Å². The number of anilines is 1. The van der Waals surface area contributed by atoms with Crippen LogP contribution in [0.3, 0.4) is 0 Å². The highest BCUT2D eigenvalue weighted by Gasteiger charge is 2.37. The Morgan fingerprint density at radius 2 is 1.78 bits per heavy atom. The van der Waals surface area contributed by atoms with Gasteiger partial charge in [0, 0.05) is 24.8 Å². The van der Waals surface area contributed by atoms with Crippen molar-refractivity contribution >= 4 is 27.5 Å². The number of nitrogens with zero attached hydrogens (tertiary/aromatic N) is 1. The maximum Gasteiger partial charge on any atom is 0.239 e. The number of nitrogens with one attached hydrogen (secondary N) is 2. The quantitative estimate of drug-likeness (QED) is 0.596. The molecule has 0 radical (unpaired) electrons. The van der Waals surface area contributed by atoms with Gasteiger partial charge in [0.15, 0.2) is 0 Å². The molecule has 0 aliphatic carbocycles. The lowest BCUT2D eigenvalue weighted by Crippen LogP contribution is -2.37. The number of hydrogen-bond donors (Lipinski definition) is 2. The van der Waals surface area contributed by atoms with E-state index in [0.717, 1.165) is 16.8 Å². The maximum absolute atomic E-state index is 12.9. The molecule has 1 aliphatic rings. The smallest absolute Gasteiger partial charge is 0.239 e. The molecule has 1 saturated heterocycles. The van der Waals surface area contributed by atoms with Crippen molar-refractivity contribution < 1.29 is 18.0 Å². The molecule has 7 nitrogen and oxygen atoms in total. The van der Waals surface area contributed by atoms with Crippen LogP contribution in [0.15, 0.2) is 42.5 Å². The van der Waals surface area contributed by atoms with E-state index in [1.807, 2.05) is 32.0 Å². The van der Waals surface area contributed by atoms with Gasteiger partial charge in [-0.2, -0.15) is 0 Å². The van der Waals surface area contributed by atoms with Gasteiger partial charge in [0.2, 0.25) is 21.8 Å². The van der Waals surface area contributed by atoms with Crippen molar-refractivity contribution in [3.05, 3.63) is 64.7 Å². The zero-order valence-electron chi connectivity index (χ0n) is 19.0. The molecule has 1 unspecified atom stereocenters. The van der Waals surface area contributed by atoms with E-state index < -0.39 is 15.9 Å². The van der Waals surface area contributed by atoms with Crippen LogP contribution in [0, 0.1) is 19.8 Å². The fourth-order valence-corrected chi connectivity index (χ4v) is 5.35. The van der Waals surface area contributed by atoms with Crippen LogP contribution in [0.1, 0.15) is 42.5 Å². The summed E-state index contributed by atoms with van der Waals surface area (Å²) in [4.78, 5) is 27.3. The van der Waals surface area contributed by atoms with E-state index in [1.54, 1.807) is 43.0 Å². The van der Waals surface area contributed by atoms with Gasteiger partial charge in [-0.25, -0.2) is 13.1 Å². The molecule has 0 saturated carbocycles. The van der Waals surface area contributed by atoms with Gasteiger partial charge in [-0.1, -0.05) is 30.3 Å². The van der Waals surface area contributed by atoms with Crippen molar-refractivity contribution in [3.8, 4) is 0 Å². The minimum atomic E-state index is -3.49. The summed E-state index contributed by atoms with van der Waals surface area (Å²) < 4.78 is 27.2. The fourth-order valence-electron chi connectivity index (χ4n) is 3.85. The largest absolute Gasteiger partial charge is 0.351 e. The summed E-state index contributed by atoms with van der Waals surface area (Å²) in [5.74, 6) is -1.45. The first-order chi connectivity index (χ1) is 15.1. The molecule has 1 atom stereocenters. The minimum Gasteiger partial charge on any atom is -0.351 e. The lowest BCUT2D eigenvalue weighted by atomic mass is 10.1. The molecule has 172 valence electrons. The third-order valence-electron chi connectivity index (χ3n) is 5.66. The molecule has 2 aromatic carbocycles. The van der Waals surface area contributed by atoms with E-state index in [9.17, 15) is 18.0 Å². The van der Waals surface area contributed by atoms with Crippen LogP contribution in [-0.4, -0.2) is 32.8 Å². The van der Waals surface area contributed by atoms with Crippen molar-refractivity contribution in [1.29, 1.82) is 0 Å². The Kier molecular flexibility index (Phi) is 7.36. The first-order valence-corrected chi connectivity index (χ1v) is 12.5. The second kappa shape index (κ2) is 9.83. The molecule has 1 fully saturated rings. The van der Waals surface area contributed by atoms with Crippen molar-refractivity contribution in [3.63, 3.8) is 0 Å². The highest BCUT2D eigenvalue weighted by Crippen LogP contribution is 2.27. The first-order valence-electron chi connectivity index (χ1n) is 10.8. The molecule has 1 aliphatic heterocycles. The van der Waals surface area contributed by atoms with Crippen molar-refractivity contribution in [2.75, 3.05) is 11.4 Å². The lowest BCUT2D eigenvalue weighted by Gasteiger charge is -2.18. The minimum absolute atomic E-state index is 0.166. The third kappa shape index (κ3) is 5.75. The first kappa shape index (κ1) is 23.9. The number of rotatable bonds is 8. The Morgan fingerprint density at radius 3 is 2.44 bits per heavy atom. The van der Waals surface area contributed by atoms with Gasteiger partial charge < -0.3 is 10.2 Å². The van der Waals surface area contributed by atoms with Gasteiger partial charge in [-0.15, -0.1) is 0 Å².